The molecule has 0 saturated carbocycles. The molecule has 2 heterocycles. The van der Waals surface area contributed by atoms with Crippen molar-refractivity contribution in [2.24, 2.45) is 5.73 Å². The second-order valence-corrected chi connectivity index (χ2v) is 3.15. The first-order chi connectivity index (χ1) is 5.90. The Balaban J connectivity index is 2.11. The Morgan fingerprint density at radius 1 is 1.50 bits per heavy atom. The first kappa shape index (κ1) is 7.61. The number of hydrogen-bond donors (Lipinski definition) is 2. The van der Waals surface area contributed by atoms with Gasteiger partial charge in [-0.15, -0.1) is 0 Å². The molecule has 0 spiro atoms. The van der Waals surface area contributed by atoms with E-state index in [1.54, 1.807) is 0 Å². The van der Waals surface area contributed by atoms with Crippen molar-refractivity contribution >= 4 is 5.82 Å². The van der Waals surface area contributed by atoms with Gasteiger partial charge in [0.15, 0.2) is 5.82 Å². The molecule has 12 heavy (non-hydrogen) atoms. The molecule has 0 amide bonds. The fourth-order valence-corrected chi connectivity index (χ4v) is 1.56. The van der Waals surface area contributed by atoms with Crippen LogP contribution < -0.4 is 10.6 Å². The fraction of sp³-hybridized carbons (Fsp3) is 0.625. The van der Waals surface area contributed by atoms with Crippen molar-refractivity contribution in [1.29, 1.82) is 0 Å². The smallest absolute Gasteiger partial charge is 0.150 e. The van der Waals surface area contributed by atoms with Crippen molar-refractivity contribution < 1.29 is 0 Å². The maximum Gasteiger partial charge on any atom is 0.150 e. The van der Waals surface area contributed by atoms with E-state index in [0.29, 0.717) is 6.54 Å². The van der Waals surface area contributed by atoms with Crippen LogP contribution in [-0.4, -0.2) is 23.3 Å². The van der Waals surface area contributed by atoms with Crippen molar-refractivity contribution in [3.8, 4) is 0 Å². The van der Waals surface area contributed by atoms with Gasteiger partial charge in [0.2, 0.25) is 0 Å². The monoisotopic (exact) mass is 166 g/mol. The van der Waals surface area contributed by atoms with Gasteiger partial charge in [-0.2, -0.15) is 5.10 Å². The van der Waals surface area contributed by atoms with Gasteiger partial charge in [0.1, 0.15) is 0 Å². The third-order valence-corrected chi connectivity index (χ3v) is 2.27. The van der Waals surface area contributed by atoms with Crippen LogP contribution in [0.3, 0.4) is 0 Å². The molecular formula is C8H14N4. The van der Waals surface area contributed by atoms with Gasteiger partial charge < -0.3 is 10.6 Å². The summed E-state index contributed by atoms with van der Waals surface area (Å²) in [5.74, 6) is 1.05. The van der Waals surface area contributed by atoms with E-state index in [4.69, 9.17) is 5.73 Å². The lowest BCUT2D eigenvalue weighted by molar-refractivity contribution is 0.904. The number of H-pyrrole nitrogens is 1. The molecule has 4 heteroatoms. The first-order valence-corrected chi connectivity index (χ1v) is 4.39. The molecule has 0 aliphatic carbocycles. The number of anilines is 1. The van der Waals surface area contributed by atoms with Crippen LogP contribution in [0.4, 0.5) is 5.82 Å². The van der Waals surface area contributed by atoms with E-state index in [-0.39, 0.29) is 0 Å². The summed E-state index contributed by atoms with van der Waals surface area (Å²) >= 11 is 0. The van der Waals surface area contributed by atoms with Crippen LogP contribution in [0.15, 0.2) is 6.07 Å². The predicted octanol–water partition coefficient (Wildman–Crippen LogP) is 0.469. The standard InChI is InChI=1S/C8H14N4/c9-6-7-5-8(11-10-7)12-3-1-2-4-12/h5H,1-4,6,9H2,(H,10,11). The highest BCUT2D eigenvalue weighted by atomic mass is 15.3. The summed E-state index contributed by atoms with van der Waals surface area (Å²) in [5.41, 5.74) is 6.48. The van der Waals surface area contributed by atoms with Gasteiger partial charge in [0.25, 0.3) is 0 Å². The van der Waals surface area contributed by atoms with Crippen LogP contribution in [0, 0.1) is 0 Å². The average Bonchev–Trinajstić information content (AvgIpc) is 2.75. The first-order valence-electron chi connectivity index (χ1n) is 4.39. The molecular weight excluding hydrogens is 152 g/mol. The lowest BCUT2D eigenvalue weighted by Crippen LogP contribution is -2.17. The van der Waals surface area contributed by atoms with E-state index in [1.165, 1.54) is 12.8 Å². The Hall–Kier alpha value is -1.03. The molecule has 1 fully saturated rings. The quantitative estimate of drug-likeness (QED) is 0.671. The molecule has 0 radical (unpaired) electrons. The molecule has 1 saturated heterocycles. The third-order valence-electron chi connectivity index (χ3n) is 2.27. The number of nitrogens with two attached hydrogens (primary N) is 1. The van der Waals surface area contributed by atoms with E-state index in [1.807, 2.05) is 6.07 Å². The molecule has 2 rings (SSSR count). The minimum Gasteiger partial charge on any atom is -0.355 e. The summed E-state index contributed by atoms with van der Waals surface area (Å²) in [7, 11) is 0. The second kappa shape index (κ2) is 3.15. The maximum absolute atomic E-state index is 5.47. The molecule has 1 aliphatic heterocycles. The Labute approximate surface area is 71.7 Å². The molecule has 1 aliphatic rings. The number of nitrogens with zero attached hydrogens (tertiary/aromatic N) is 2. The van der Waals surface area contributed by atoms with Gasteiger partial charge in [0.05, 0.1) is 5.69 Å². The Morgan fingerprint density at radius 2 is 2.25 bits per heavy atom. The minimum atomic E-state index is 0.542. The van der Waals surface area contributed by atoms with Gasteiger partial charge >= 0.3 is 0 Å². The minimum absolute atomic E-state index is 0.542. The SMILES string of the molecule is NCc1cc(N2CCCC2)n[nH]1. The molecule has 1 aromatic rings. The lowest BCUT2D eigenvalue weighted by Gasteiger charge is -2.12. The average molecular weight is 166 g/mol. The molecule has 4 nitrogen and oxygen atoms in total. The van der Waals surface area contributed by atoms with Gasteiger partial charge in [-0.25, -0.2) is 0 Å². The number of hydrogen-bond acceptors (Lipinski definition) is 3. The fourth-order valence-electron chi connectivity index (χ4n) is 1.56. The number of nitrogens with one attached hydrogen (secondary N) is 1. The van der Waals surface area contributed by atoms with Crippen LogP contribution in [0.25, 0.3) is 0 Å². The zero-order chi connectivity index (χ0) is 8.39. The molecule has 3 N–H and O–H groups in total. The maximum atomic E-state index is 5.47. The second-order valence-electron chi connectivity index (χ2n) is 3.15. The van der Waals surface area contributed by atoms with E-state index in [0.717, 1.165) is 24.6 Å². The molecule has 0 aromatic carbocycles. The van der Waals surface area contributed by atoms with Crippen LogP contribution in [0.2, 0.25) is 0 Å². The molecule has 66 valence electrons. The summed E-state index contributed by atoms with van der Waals surface area (Å²) < 4.78 is 0. The molecule has 1 aromatic heterocycles. The van der Waals surface area contributed by atoms with Crippen molar-refractivity contribution in [3.63, 3.8) is 0 Å². The van der Waals surface area contributed by atoms with Crippen LogP contribution in [-0.2, 0) is 6.54 Å². The van der Waals surface area contributed by atoms with Crippen molar-refractivity contribution in [2.45, 2.75) is 19.4 Å². The highest BCUT2D eigenvalue weighted by Crippen LogP contribution is 2.17. The van der Waals surface area contributed by atoms with Gasteiger partial charge in [-0.1, -0.05) is 0 Å². The summed E-state index contributed by atoms with van der Waals surface area (Å²) in [5, 5.41) is 7.11. The summed E-state index contributed by atoms with van der Waals surface area (Å²) in [6, 6.07) is 2.03. The van der Waals surface area contributed by atoms with Gasteiger partial charge in [-0.05, 0) is 12.8 Å². The molecule has 0 unspecified atom stereocenters. The van der Waals surface area contributed by atoms with Crippen molar-refractivity contribution in [3.05, 3.63) is 11.8 Å². The highest BCUT2D eigenvalue weighted by Gasteiger charge is 2.14. The normalized spacial score (nSPS) is 17.2. The van der Waals surface area contributed by atoms with Crippen LogP contribution >= 0.6 is 0 Å². The highest BCUT2D eigenvalue weighted by molar-refractivity contribution is 5.39. The number of rotatable bonds is 2. The van der Waals surface area contributed by atoms with E-state index >= 15 is 0 Å². The Bertz CT molecular complexity index is 249. The van der Waals surface area contributed by atoms with Crippen LogP contribution in [0.1, 0.15) is 18.5 Å². The summed E-state index contributed by atoms with van der Waals surface area (Å²) in [4.78, 5) is 2.29. The topological polar surface area (TPSA) is 57.9 Å². The Kier molecular flexibility index (Phi) is 1.99. The van der Waals surface area contributed by atoms with Crippen LogP contribution in [0.5, 0.6) is 0 Å². The van der Waals surface area contributed by atoms with Crippen molar-refractivity contribution in [2.75, 3.05) is 18.0 Å². The number of aromatic amines is 1. The molecule has 0 bridgehead atoms. The van der Waals surface area contributed by atoms with E-state index in [9.17, 15) is 0 Å². The van der Waals surface area contributed by atoms with Crippen molar-refractivity contribution in [1.82, 2.24) is 10.2 Å². The number of aromatic nitrogens is 2. The summed E-state index contributed by atoms with van der Waals surface area (Å²) in [6.07, 6.45) is 2.57. The zero-order valence-corrected chi connectivity index (χ0v) is 7.08. The zero-order valence-electron chi connectivity index (χ0n) is 7.08. The lowest BCUT2D eigenvalue weighted by atomic mass is 10.4. The molecule has 0 atom stereocenters. The van der Waals surface area contributed by atoms with E-state index < -0.39 is 0 Å². The largest absolute Gasteiger partial charge is 0.355 e. The van der Waals surface area contributed by atoms with Gasteiger partial charge in [0, 0.05) is 25.7 Å². The van der Waals surface area contributed by atoms with Gasteiger partial charge in [-0.3, -0.25) is 5.10 Å². The summed E-state index contributed by atoms with van der Waals surface area (Å²) in [6.45, 7) is 2.81. The van der Waals surface area contributed by atoms with E-state index in [2.05, 4.69) is 15.1 Å². The predicted molar refractivity (Wildman–Crippen MR) is 47.9 cm³/mol. The third kappa shape index (κ3) is 1.30. The Morgan fingerprint density at radius 3 is 2.83 bits per heavy atom.